The highest BCUT2D eigenvalue weighted by Gasteiger charge is 2.34. The van der Waals surface area contributed by atoms with Crippen LogP contribution in [0.25, 0.3) is 0 Å². The van der Waals surface area contributed by atoms with Crippen LogP contribution in [0.4, 0.5) is 0 Å². The predicted octanol–water partition coefficient (Wildman–Crippen LogP) is 4.72. The van der Waals surface area contributed by atoms with E-state index in [9.17, 15) is 4.79 Å². The van der Waals surface area contributed by atoms with Crippen LogP contribution in [0.5, 0.6) is 11.5 Å². The lowest BCUT2D eigenvalue weighted by Crippen LogP contribution is -2.42. The predicted molar refractivity (Wildman–Crippen MR) is 108 cm³/mol. The van der Waals surface area contributed by atoms with E-state index in [0.29, 0.717) is 0 Å². The van der Waals surface area contributed by atoms with Gasteiger partial charge in [-0.3, -0.25) is 4.79 Å². The molecule has 0 saturated carbocycles. The highest BCUT2D eigenvalue weighted by atomic mass is 16.5. The zero-order chi connectivity index (χ0) is 19.8. The number of amides is 1. The summed E-state index contributed by atoms with van der Waals surface area (Å²) in [5.41, 5.74) is 5.21. The van der Waals surface area contributed by atoms with Crippen molar-refractivity contribution < 1.29 is 14.3 Å². The number of carbonyl (C=O) groups excluding carboxylic acids is 1. The van der Waals surface area contributed by atoms with Crippen molar-refractivity contribution in [3.05, 3.63) is 58.1 Å². The lowest BCUT2D eigenvalue weighted by atomic mass is 9.89. The third-order valence-electron chi connectivity index (χ3n) is 5.08. The van der Waals surface area contributed by atoms with Crippen LogP contribution in [0.2, 0.25) is 0 Å². The molecule has 1 heterocycles. The maximum atomic E-state index is 12.6. The Morgan fingerprint density at radius 1 is 1.15 bits per heavy atom. The second-order valence-corrected chi connectivity index (χ2v) is 8.22. The zero-order valence-electron chi connectivity index (χ0n) is 17.1. The third-order valence-corrected chi connectivity index (χ3v) is 5.08. The van der Waals surface area contributed by atoms with Crippen molar-refractivity contribution in [2.24, 2.45) is 0 Å². The molecule has 2 aromatic rings. The summed E-state index contributed by atoms with van der Waals surface area (Å²) in [7, 11) is 0. The maximum absolute atomic E-state index is 12.6. The van der Waals surface area contributed by atoms with Crippen LogP contribution in [0.1, 0.15) is 54.1 Å². The Morgan fingerprint density at radius 2 is 1.89 bits per heavy atom. The third kappa shape index (κ3) is 4.44. The summed E-state index contributed by atoms with van der Waals surface area (Å²) in [6, 6.07) is 10.1. The molecule has 1 aliphatic heterocycles. The molecule has 4 heteroatoms. The van der Waals surface area contributed by atoms with Crippen LogP contribution in [0.3, 0.4) is 0 Å². The van der Waals surface area contributed by atoms with Gasteiger partial charge < -0.3 is 14.8 Å². The van der Waals surface area contributed by atoms with Crippen molar-refractivity contribution in [2.45, 2.75) is 59.6 Å². The van der Waals surface area contributed by atoms with Gasteiger partial charge in [0.1, 0.15) is 17.1 Å². The molecule has 0 spiro atoms. The van der Waals surface area contributed by atoms with Crippen LogP contribution in [0, 0.1) is 27.7 Å². The summed E-state index contributed by atoms with van der Waals surface area (Å²) in [5.74, 6) is 1.50. The van der Waals surface area contributed by atoms with Gasteiger partial charge in [-0.15, -0.1) is 0 Å². The molecule has 0 bridgehead atoms. The van der Waals surface area contributed by atoms with Gasteiger partial charge in [-0.1, -0.05) is 18.2 Å². The number of aryl methyl sites for hydroxylation is 3. The first kappa shape index (κ1) is 19.3. The minimum atomic E-state index is -0.330. The Hall–Kier alpha value is -2.49. The van der Waals surface area contributed by atoms with Gasteiger partial charge in [0.05, 0.1) is 6.04 Å². The number of ether oxygens (including phenoxy) is 2. The van der Waals surface area contributed by atoms with Gasteiger partial charge in [0.15, 0.2) is 6.61 Å². The Kier molecular flexibility index (Phi) is 5.18. The van der Waals surface area contributed by atoms with E-state index < -0.39 is 0 Å². The van der Waals surface area contributed by atoms with Gasteiger partial charge in [-0.25, -0.2) is 0 Å². The van der Waals surface area contributed by atoms with Gasteiger partial charge in [0.2, 0.25) is 0 Å². The first-order valence-electron chi connectivity index (χ1n) is 9.44. The lowest BCUT2D eigenvalue weighted by Gasteiger charge is -2.38. The van der Waals surface area contributed by atoms with Gasteiger partial charge in [0.25, 0.3) is 5.91 Å². The van der Waals surface area contributed by atoms with E-state index in [1.165, 1.54) is 5.56 Å². The number of hydrogen-bond acceptors (Lipinski definition) is 3. The van der Waals surface area contributed by atoms with Crippen molar-refractivity contribution in [3.63, 3.8) is 0 Å². The zero-order valence-corrected chi connectivity index (χ0v) is 17.1. The molecule has 2 aromatic carbocycles. The number of hydrogen-bond donors (Lipinski definition) is 1. The molecule has 1 atom stereocenters. The highest BCUT2D eigenvalue weighted by Crippen LogP contribution is 2.39. The van der Waals surface area contributed by atoms with Crippen LogP contribution < -0.4 is 14.8 Å². The number of carbonyl (C=O) groups is 1. The van der Waals surface area contributed by atoms with Crippen molar-refractivity contribution in [1.82, 2.24) is 5.32 Å². The summed E-state index contributed by atoms with van der Waals surface area (Å²) >= 11 is 0. The van der Waals surface area contributed by atoms with Crippen LogP contribution in [-0.4, -0.2) is 18.1 Å². The quantitative estimate of drug-likeness (QED) is 0.851. The molecule has 144 valence electrons. The van der Waals surface area contributed by atoms with Crippen LogP contribution in [-0.2, 0) is 4.79 Å². The molecule has 0 radical (unpaired) electrons. The molecular weight excluding hydrogens is 338 g/mol. The summed E-state index contributed by atoms with van der Waals surface area (Å²) in [6.07, 6.45) is 0.720. The number of nitrogens with one attached hydrogen (secondary N) is 1. The van der Waals surface area contributed by atoms with E-state index in [1.807, 2.05) is 52.8 Å². The molecule has 1 aliphatic rings. The molecule has 3 rings (SSSR count). The topological polar surface area (TPSA) is 47.6 Å². The Labute approximate surface area is 161 Å². The number of rotatable bonds is 4. The second kappa shape index (κ2) is 7.26. The van der Waals surface area contributed by atoms with E-state index in [1.54, 1.807) is 0 Å². The Morgan fingerprint density at radius 3 is 2.63 bits per heavy atom. The summed E-state index contributed by atoms with van der Waals surface area (Å²) < 4.78 is 11.9. The normalized spacial score (nSPS) is 17.6. The van der Waals surface area contributed by atoms with E-state index in [0.717, 1.165) is 40.2 Å². The van der Waals surface area contributed by atoms with Gasteiger partial charge in [0, 0.05) is 12.0 Å². The highest BCUT2D eigenvalue weighted by molar-refractivity contribution is 5.78. The molecule has 0 unspecified atom stereocenters. The molecule has 27 heavy (non-hydrogen) atoms. The minimum Gasteiger partial charge on any atom is -0.487 e. The van der Waals surface area contributed by atoms with Crippen molar-refractivity contribution in [2.75, 3.05) is 6.61 Å². The smallest absolute Gasteiger partial charge is 0.258 e. The monoisotopic (exact) mass is 367 g/mol. The Balaban J connectivity index is 1.71. The lowest BCUT2D eigenvalue weighted by molar-refractivity contribution is -0.124. The van der Waals surface area contributed by atoms with Crippen molar-refractivity contribution >= 4 is 5.91 Å². The Bertz CT molecular complexity index is 870. The van der Waals surface area contributed by atoms with Gasteiger partial charge >= 0.3 is 0 Å². The fourth-order valence-corrected chi connectivity index (χ4v) is 3.62. The average molecular weight is 367 g/mol. The standard InChI is InChI=1S/C23H29NO3/c1-14-7-8-18-19(12-23(5,6)27-21(18)10-14)24-22(25)13-26-20-11-15(2)9-16(3)17(20)4/h7-11,19H,12-13H2,1-6H3,(H,24,25)/t19-/m1/s1. The molecule has 0 aromatic heterocycles. The molecular formula is C23H29NO3. The number of fused-ring (bicyclic) bond motifs is 1. The second-order valence-electron chi connectivity index (χ2n) is 8.22. The summed E-state index contributed by atoms with van der Waals surface area (Å²) in [4.78, 5) is 12.6. The first-order valence-corrected chi connectivity index (χ1v) is 9.44. The van der Waals surface area contributed by atoms with Crippen molar-refractivity contribution in [1.29, 1.82) is 0 Å². The largest absolute Gasteiger partial charge is 0.487 e. The van der Waals surface area contributed by atoms with Crippen LogP contribution in [0.15, 0.2) is 30.3 Å². The number of benzene rings is 2. The molecule has 0 fully saturated rings. The van der Waals surface area contributed by atoms with E-state index in [2.05, 4.69) is 24.4 Å². The van der Waals surface area contributed by atoms with Crippen molar-refractivity contribution in [3.8, 4) is 11.5 Å². The van der Waals surface area contributed by atoms with E-state index in [4.69, 9.17) is 9.47 Å². The molecule has 0 aliphatic carbocycles. The minimum absolute atomic E-state index is 0.00269. The van der Waals surface area contributed by atoms with Gasteiger partial charge in [-0.2, -0.15) is 0 Å². The SMILES string of the molecule is Cc1ccc2c(c1)OC(C)(C)C[C@H]2NC(=O)COc1cc(C)cc(C)c1C. The summed E-state index contributed by atoms with van der Waals surface area (Å²) in [5, 5.41) is 3.13. The average Bonchev–Trinajstić information content (AvgIpc) is 2.55. The molecule has 1 N–H and O–H groups in total. The molecule has 4 nitrogen and oxygen atoms in total. The first-order chi connectivity index (χ1) is 12.6. The van der Waals surface area contributed by atoms with E-state index >= 15 is 0 Å². The van der Waals surface area contributed by atoms with Gasteiger partial charge in [-0.05, 0) is 75.9 Å². The van der Waals surface area contributed by atoms with Crippen LogP contribution >= 0.6 is 0 Å². The molecule has 1 amide bonds. The van der Waals surface area contributed by atoms with E-state index in [-0.39, 0.29) is 24.2 Å². The fraction of sp³-hybridized carbons (Fsp3) is 0.435. The molecule has 0 saturated heterocycles. The maximum Gasteiger partial charge on any atom is 0.258 e. The fourth-order valence-electron chi connectivity index (χ4n) is 3.62. The summed E-state index contributed by atoms with van der Waals surface area (Å²) in [6.45, 7) is 12.2.